The van der Waals surface area contributed by atoms with Crippen LogP contribution in [-0.4, -0.2) is 30.0 Å². The molecule has 0 unspecified atom stereocenters. The zero-order valence-corrected chi connectivity index (χ0v) is 16.2. The second-order valence-corrected chi connectivity index (χ2v) is 8.20. The van der Waals surface area contributed by atoms with Crippen molar-refractivity contribution in [3.63, 3.8) is 0 Å². The smallest absolute Gasteiger partial charge is 0.444 e. The van der Waals surface area contributed by atoms with Crippen LogP contribution in [0.5, 0.6) is 0 Å². The maximum absolute atomic E-state index is 12.0. The van der Waals surface area contributed by atoms with E-state index in [1.165, 1.54) is 0 Å². The number of hydrogen-bond acceptors (Lipinski definition) is 4. The fourth-order valence-corrected chi connectivity index (χ4v) is 2.32. The van der Waals surface area contributed by atoms with E-state index in [9.17, 15) is 4.79 Å². The monoisotopic (exact) mass is 345 g/mol. The van der Waals surface area contributed by atoms with Crippen LogP contribution in [0.1, 0.15) is 54.0 Å². The van der Waals surface area contributed by atoms with Crippen LogP contribution in [0.4, 0.5) is 10.5 Å². The van der Waals surface area contributed by atoms with E-state index in [-0.39, 0.29) is 11.2 Å². The van der Waals surface area contributed by atoms with Gasteiger partial charge in [0.05, 0.1) is 16.9 Å². The van der Waals surface area contributed by atoms with Gasteiger partial charge in [0, 0.05) is 0 Å². The highest BCUT2D eigenvalue weighted by Gasteiger charge is 2.50. The highest BCUT2D eigenvalue weighted by Crippen LogP contribution is 2.37. The molecule has 5 nitrogen and oxygen atoms in total. The van der Waals surface area contributed by atoms with Gasteiger partial charge in [-0.25, -0.2) is 4.79 Å². The van der Waals surface area contributed by atoms with Gasteiger partial charge in [-0.15, -0.1) is 0 Å². The standard InChI is InChI=1S/C19H28BNO4/c1-17(2,3)23-16(22)21-15-11-9-8-10-14(15)12-13-20-24-18(4,5)19(6,7)25-20/h8-13H,1-7H3,(H,21,22)/b13-12+. The van der Waals surface area contributed by atoms with Crippen LogP contribution in [0.25, 0.3) is 6.08 Å². The van der Waals surface area contributed by atoms with E-state index < -0.39 is 18.8 Å². The molecule has 0 radical (unpaired) electrons. The quantitative estimate of drug-likeness (QED) is 0.809. The van der Waals surface area contributed by atoms with Gasteiger partial charge in [-0.1, -0.05) is 30.3 Å². The van der Waals surface area contributed by atoms with Gasteiger partial charge >= 0.3 is 13.2 Å². The molecule has 6 heteroatoms. The summed E-state index contributed by atoms with van der Waals surface area (Å²) < 4.78 is 17.2. The highest BCUT2D eigenvalue weighted by molar-refractivity contribution is 6.52. The molecule has 1 heterocycles. The van der Waals surface area contributed by atoms with Crippen LogP contribution in [0.2, 0.25) is 0 Å². The van der Waals surface area contributed by atoms with Gasteiger partial charge in [0.15, 0.2) is 0 Å². The summed E-state index contributed by atoms with van der Waals surface area (Å²) in [6, 6.07) is 7.51. The molecule has 1 aromatic carbocycles. The third-order valence-corrected chi connectivity index (χ3v) is 4.30. The first kappa shape index (κ1) is 19.5. The van der Waals surface area contributed by atoms with Gasteiger partial charge in [0.2, 0.25) is 0 Å². The fraction of sp³-hybridized carbons (Fsp3) is 0.526. The topological polar surface area (TPSA) is 56.8 Å². The largest absolute Gasteiger partial charge is 0.487 e. The van der Waals surface area contributed by atoms with Crippen molar-refractivity contribution in [3.8, 4) is 0 Å². The maximum Gasteiger partial charge on any atom is 0.487 e. The Morgan fingerprint density at radius 3 is 2.24 bits per heavy atom. The molecule has 0 saturated carbocycles. The minimum absolute atomic E-state index is 0.379. The molecule has 25 heavy (non-hydrogen) atoms. The molecular weight excluding hydrogens is 317 g/mol. The lowest BCUT2D eigenvalue weighted by molar-refractivity contribution is 0.00578. The number of amides is 1. The number of ether oxygens (including phenoxy) is 1. The van der Waals surface area contributed by atoms with Crippen LogP contribution in [-0.2, 0) is 14.0 Å². The molecule has 0 spiro atoms. The van der Waals surface area contributed by atoms with Crippen molar-refractivity contribution in [2.24, 2.45) is 0 Å². The van der Waals surface area contributed by atoms with E-state index in [1.807, 2.05) is 84.8 Å². The Morgan fingerprint density at radius 2 is 1.68 bits per heavy atom. The second kappa shape index (κ2) is 6.85. The molecule has 0 aliphatic carbocycles. The Balaban J connectivity index is 2.10. The van der Waals surface area contributed by atoms with E-state index in [1.54, 1.807) is 0 Å². The molecule has 1 fully saturated rings. The second-order valence-electron chi connectivity index (χ2n) is 8.20. The third-order valence-electron chi connectivity index (χ3n) is 4.30. The van der Waals surface area contributed by atoms with Crippen molar-refractivity contribution >= 4 is 25.0 Å². The van der Waals surface area contributed by atoms with Gasteiger partial charge in [-0.05, 0) is 60.1 Å². The summed E-state index contributed by atoms with van der Waals surface area (Å²) >= 11 is 0. The SMILES string of the molecule is CC(C)(C)OC(=O)Nc1ccccc1/C=C/B1OC(C)(C)C(C)(C)O1. The molecule has 1 N–H and O–H groups in total. The van der Waals surface area contributed by atoms with Crippen LogP contribution < -0.4 is 5.32 Å². The van der Waals surface area contributed by atoms with Crippen molar-refractivity contribution < 1.29 is 18.8 Å². The predicted molar refractivity (Wildman–Crippen MR) is 101 cm³/mol. The average molecular weight is 345 g/mol. The zero-order valence-electron chi connectivity index (χ0n) is 16.2. The van der Waals surface area contributed by atoms with Gasteiger partial charge in [-0.2, -0.15) is 0 Å². The van der Waals surface area contributed by atoms with E-state index in [0.717, 1.165) is 5.56 Å². The lowest BCUT2D eigenvalue weighted by Crippen LogP contribution is -2.41. The Bertz CT molecular complexity index is 646. The summed E-state index contributed by atoms with van der Waals surface area (Å²) in [5.41, 5.74) is 0.219. The molecule has 0 aromatic heterocycles. The molecule has 1 aliphatic heterocycles. The van der Waals surface area contributed by atoms with Gasteiger partial charge < -0.3 is 14.0 Å². The minimum atomic E-state index is -0.544. The number of carbonyl (C=O) groups excluding carboxylic acids is 1. The Hall–Kier alpha value is -1.79. The molecule has 0 atom stereocenters. The van der Waals surface area contributed by atoms with Crippen LogP contribution in [0, 0.1) is 0 Å². The molecular formula is C19H28BNO4. The summed E-state index contributed by atoms with van der Waals surface area (Å²) in [6.07, 6.45) is 1.40. The molecule has 1 amide bonds. The molecule has 0 bridgehead atoms. The first-order valence-corrected chi connectivity index (χ1v) is 8.52. The van der Waals surface area contributed by atoms with E-state index in [2.05, 4.69) is 5.32 Å². The Morgan fingerprint density at radius 1 is 1.12 bits per heavy atom. The van der Waals surface area contributed by atoms with Crippen molar-refractivity contribution in [1.82, 2.24) is 0 Å². The number of anilines is 1. The zero-order chi connectivity index (χ0) is 18.9. The molecule has 1 saturated heterocycles. The minimum Gasteiger partial charge on any atom is -0.444 e. The summed E-state index contributed by atoms with van der Waals surface area (Å²) in [5.74, 6) is 1.85. The summed E-state index contributed by atoms with van der Waals surface area (Å²) in [4.78, 5) is 12.0. The normalized spacial score (nSPS) is 19.2. The predicted octanol–water partition coefficient (Wildman–Crippen LogP) is 4.68. The summed E-state index contributed by atoms with van der Waals surface area (Å²) in [7, 11) is -0.431. The molecule has 2 rings (SSSR count). The summed E-state index contributed by atoms with van der Waals surface area (Å²) in [5, 5.41) is 2.78. The van der Waals surface area contributed by atoms with Crippen LogP contribution in [0.3, 0.4) is 0 Å². The van der Waals surface area contributed by atoms with Gasteiger partial charge in [-0.3, -0.25) is 5.32 Å². The number of benzene rings is 1. The van der Waals surface area contributed by atoms with Crippen molar-refractivity contribution in [2.75, 3.05) is 5.32 Å². The van der Waals surface area contributed by atoms with Crippen LogP contribution in [0.15, 0.2) is 30.2 Å². The number of hydrogen-bond donors (Lipinski definition) is 1. The Kier molecular flexibility index (Phi) is 5.35. The van der Waals surface area contributed by atoms with Crippen molar-refractivity contribution in [3.05, 3.63) is 35.8 Å². The van der Waals surface area contributed by atoms with E-state index >= 15 is 0 Å². The first-order valence-electron chi connectivity index (χ1n) is 8.52. The van der Waals surface area contributed by atoms with Crippen LogP contribution >= 0.6 is 0 Å². The van der Waals surface area contributed by atoms with Gasteiger partial charge in [0.25, 0.3) is 0 Å². The number of para-hydroxylation sites is 1. The lowest BCUT2D eigenvalue weighted by atomic mass is 9.89. The Labute approximate surface area is 150 Å². The number of nitrogens with one attached hydrogen (secondary N) is 1. The first-order chi connectivity index (χ1) is 11.4. The summed E-state index contributed by atoms with van der Waals surface area (Å²) in [6.45, 7) is 13.5. The molecule has 1 aromatic rings. The van der Waals surface area contributed by atoms with E-state index in [4.69, 9.17) is 14.0 Å². The fourth-order valence-electron chi connectivity index (χ4n) is 2.32. The molecule has 1 aliphatic rings. The van der Waals surface area contributed by atoms with Crippen molar-refractivity contribution in [1.29, 1.82) is 0 Å². The van der Waals surface area contributed by atoms with Crippen molar-refractivity contribution in [2.45, 2.75) is 65.3 Å². The molecule has 136 valence electrons. The lowest BCUT2D eigenvalue weighted by Gasteiger charge is -2.32. The number of carbonyl (C=O) groups is 1. The van der Waals surface area contributed by atoms with Gasteiger partial charge in [0.1, 0.15) is 5.60 Å². The highest BCUT2D eigenvalue weighted by atomic mass is 16.7. The maximum atomic E-state index is 12.0. The average Bonchev–Trinajstić information content (AvgIpc) is 2.63. The number of rotatable bonds is 3. The van der Waals surface area contributed by atoms with E-state index in [0.29, 0.717) is 5.69 Å². The third kappa shape index (κ3) is 5.09.